The van der Waals surface area contributed by atoms with E-state index in [2.05, 4.69) is 34.9 Å². The van der Waals surface area contributed by atoms with Crippen LogP contribution in [-0.2, 0) is 11.2 Å². The Balaban J connectivity index is 1.60. The first-order chi connectivity index (χ1) is 14.2. The number of anilines is 1. The Morgan fingerprint density at radius 3 is 2.62 bits per heavy atom. The van der Waals surface area contributed by atoms with Crippen LogP contribution in [0.3, 0.4) is 0 Å². The number of benzene rings is 3. The van der Waals surface area contributed by atoms with Gasteiger partial charge in [0.05, 0.1) is 7.11 Å². The molecule has 148 valence electrons. The van der Waals surface area contributed by atoms with Crippen molar-refractivity contribution < 1.29 is 9.53 Å². The van der Waals surface area contributed by atoms with Crippen molar-refractivity contribution in [1.82, 2.24) is 5.32 Å². The summed E-state index contributed by atoms with van der Waals surface area (Å²) in [5.41, 5.74) is 4.35. The summed E-state index contributed by atoms with van der Waals surface area (Å²) >= 11 is 0. The van der Waals surface area contributed by atoms with Gasteiger partial charge in [0.1, 0.15) is 11.8 Å². The second-order valence-corrected chi connectivity index (χ2v) is 7.38. The predicted octanol–water partition coefficient (Wildman–Crippen LogP) is 5.04. The van der Waals surface area contributed by atoms with Gasteiger partial charge in [0.25, 0.3) is 0 Å². The lowest BCUT2D eigenvalue weighted by molar-refractivity contribution is -0.118. The zero-order chi connectivity index (χ0) is 20.1. The average molecular weight is 386 g/mol. The maximum absolute atomic E-state index is 13.3. The number of nitrogens with one attached hydrogen (secondary N) is 2. The van der Waals surface area contributed by atoms with E-state index in [1.165, 1.54) is 11.1 Å². The largest absolute Gasteiger partial charge is 0.497 e. The first-order valence-corrected chi connectivity index (χ1v) is 10.1. The summed E-state index contributed by atoms with van der Waals surface area (Å²) in [6.45, 7) is 0. The lowest BCUT2D eigenvalue weighted by Gasteiger charge is -2.30. The third-order valence-corrected chi connectivity index (χ3v) is 5.47. The molecule has 0 saturated carbocycles. The predicted molar refractivity (Wildman–Crippen MR) is 116 cm³/mol. The van der Waals surface area contributed by atoms with Gasteiger partial charge in [-0.25, -0.2) is 0 Å². The second-order valence-electron chi connectivity index (χ2n) is 7.38. The molecule has 4 rings (SSSR count). The zero-order valence-electron chi connectivity index (χ0n) is 16.6. The van der Waals surface area contributed by atoms with Crippen LogP contribution >= 0.6 is 0 Å². The van der Waals surface area contributed by atoms with E-state index in [1.807, 2.05) is 54.6 Å². The van der Waals surface area contributed by atoms with Crippen LogP contribution in [0.25, 0.3) is 0 Å². The van der Waals surface area contributed by atoms with E-state index in [9.17, 15) is 4.79 Å². The topological polar surface area (TPSA) is 50.4 Å². The van der Waals surface area contributed by atoms with Crippen LogP contribution in [0.15, 0.2) is 78.9 Å². The van der Waals surface area contributed by atoms with E-state index in [1.54, 1.807) is 7.11 Å². The summed E-state index contributed by atoms with van der Waals surface area (Å²) in [6, 6.07) is 25.6. The molecule has 2 N–H and O–H groups in total. The number of carbonyl (C=O) groups is 1. The van der Waals surface area contributed by atoms with Crippen LogP contribution in [0.2, 0.25) is 0 Å². The van der Waals surface area contributed by atoms with E-state index in [4.69, 9.17) is 4.74 Å². The first kappa shape index (κ1) is 19.2. The maximum atomic E-state index is 13.3. The highest BCUT2D eigenvalue weighted by molar-refractivity contribution is 5.95. The minimum absolute atomic E-state index is 0.0764. The molecule has 1 amide bonds. The van der Waals surface area contributed by atoms with Crippen molar-refractivity contribution in [1.29, 1.82) is 0 Å². The van der Waals surface area contributed by atoms with Gasteiger partial charge in [-0.3, -0.25) is 10.1 Å². The van der Waals surface area contributed by atoms with Crippen LogP contribution < -0.4 is 15.4 Å². The van der Waals surface area contributed by atoms with Crippen molar-refractivity contribution in [2.45, 2.75) is 31.3 Å². The van der Waals surface area contributed by atoms with E-state index in [0.717, 1.165) is 30.5 Å². The molecule has 0 heterocycles. The minimum atomic E-state index is -0.446. The molecule has 0 aliphatic heterocycles. The van der Waals surface area contributed by atoms with Gasteiger partial charge in [0, 0.05) is 17.8 Å². The van der Waals surface area contributed by atoms with Crippen molar-refractivity contribution in [3.05, 3.63) is 95.6 Å². The quantitative estimate of drug-likeness (QED) is 0.624. The van der Waals surface area contributed by atoms with E-state index < -0.39 is 6.04 Å². The molecule has 1 aliphatic rings. The molecule has 2 atom stereocenters. The fourth-order valence-electron chi connectivity index (χ4n) is 4.01. The van der Waals surface area contributed by atoms with Crippen molar-refractivity contribution in [3.8, 4) is 5.75 Å². The van der Waals surface area contributed by atoms with Gasteiger partial charge in [-0.15, -0.1) is 0 Å². The lowest BCUT2D eigenvalue weighted by Crippen LogP contribution is -2.36. The van der Waals surface area contributed by atoms with E-state index >= 15 is 0 Å². The van der Waals surface area contributed by atoms with Crippen molar-refractivity contribution >= 4 is 11.6 Å². The van der Waals surface area contributed by atoms with Crippen LogP contribution in [0, 0.1) is 0 Å². The Morgan fingerprint density at radius 2 is 1.79 bits per heavy atom. The fraction of sp³-hybridized carbons (Fsp3) is 0.240. The van der Waals surface area contributed by atoms with Crippen LogP contribution in [0.5, 0.6) is 5.75 Å². The normalized spacial score (nSPS) is 16.5. The number of fused-ring (bicyclic) bond motifs is 1. The van der Waals surface area contributed by atoms with Crippen LogP contribution in [0.1, 0.15) is 41.6 Å². The Labute approximate surface area is 171 Å². The molecule has 0 fully saturated rings. The number of amides is 1. The van der Waals surface area contributed by atoms with Crippen LogP contribution in [-0.4, -0.2) is 13.0 Å². The number of rotatable bonds is 6. The smallest absolute Gasteiger partial charge is 0.246 e. The molecule has 0 saturated heterocycles. The molecular weight excluding hydrogens is 360 g/mol. The van der Waals surface area contributed by atoms with Crippen molar-refractivity contribution in [2.24, 2.45) is 0 Å². The molecule has 4 heteroatoms. The zero-order valence-corrected chi connectivity index (χ0v) is 16.6. The molecule has 3 aromatic rings. The van der Waals surface area contributed by atoms with Gasteiger partial charge in [-0.2, -0.15) is 0 Å². The third-order valence-electron chi connectivity index (χ3n) is 5.47. The van der Waals surface area contributed by atoms with Crippen molar-refractivity contribution in [2.75, 3.05) is 12.4 Å². The third kappa shape index (κ3) is 4.49. The summed E-state index contributed by atoms with van der Waals surface area (Å²) in [5.74, 6) is 0.640. The summed E-state index contributed by atoms with van der Waals surface area (Å²) in [6.07, 6.45) is 3.24. The molecule has 0 unspecified atom stereocenters. The SMILES string of the molecule is COc1cccc(NC(=O)[C@H](N[C@H]2CCCc3ccccc32)c2ccccc2)c1. The molecule has 3 aromatic carbocycles. The molecule has 0 bridgehead atoms. The highest BCUT2D eigenvalue weighted by atomic mass is 16.5. The van der Waals surface area contributed by atoms with E-state index in [-0.39, 0.29) is 11.9 Å². The standard InChI is InChI=1S/C25H26N2O2/c1-29-21-14-8-13-20(17-21)26-25(28)24(19-10-3-2-4-11-19)27-23-16-7-12-18-9-5-6-15-22(18)23/h2-6,8-11,13-15,17,23-24,27H,7,12,16H2,1H3,(H,26,28)/t23-,24+/m0/s1. The molecule has 0 spiro atoms. The van der Waals surface area contributed by atoms with Gasteiger partial charge in [-0.05, 0) is 48.1 Å². The highest BCUT2D eigenvalue weighted by Gasteiger charge is 2.27. The van der Waals surface area contributed by atoms with Gasteiger partial charge in [0.2, 0.25) is 5.91 Å². The van der Waals surface area contributed by atoms with Gasteiger partial charge in [-0.1, -0.05) is 60.7 Å². The number of hydrogen-bond acceptors (Lipinski definition) is 3. The first-order valence-electron chi connectivity index (χ1n) is 10.1. The highest BCUT2D eigenvalue weighted by Crippen LogP contribution is 2.32. The fourth-order valence-corrected chi connectivity index (χ4v) is 4.01. The number of aryl methyl sites for hydroxylation is 1. The summed E-state index contributed by atoms with van der Waals surface area (Å²) in [4.78, 5) is 13.3. The minimum Gasteiger partial charge on any atom is -0.497 e. The Kier molecular flexibility index (Phi) is 5.92. The monoisotopic (exact) mass is 386 g/mol. The summed E-state index contributed by atoms with van der Waals surface area (Å²) < 4.78 is 5.28. The molecule has 0 aromatic heterocycles. The van der Waals surface area contributed by atoms with Crippen LogP contribution in [0.4, 0.5) is 5.69 Å². The van der Waals surface area contributed by atoms with Gasteiger partial charge in [0.15, 0.2) is 0 Å². The molecule has 0 radical (unpaired) electrons. The Morgan fingerprint density at radius 1 is 1.00 bits per heavy atom. The lowest BCUT2D eigenvalue weighted by atomic mass is 9.87. The van der Waals surface area contributed by atoms with Crippen molar-refractivity contribution in [3.63, 3.8) is 0 Å². The number of hydrogen-bond donors (Lipinski definition) is 2. The molecular formula is C25H26N2O2. The summed E-state index contributed by atoms with van der Waals surface area (Å²) in [5, 5.41) is 6.68. The average Bonchev–Trinajstić information content (AvgIpc) is 2.78. The molecule has 1 aliphatic carbocycles. The number of methoxy groups -OCH3 is 1. The second kappa shape index (κ2) is 8.93. The summed E-state index contributed by atoms with van der Waals surface area (Å²) in [7, 11) is 1.62. The van der Waals surface area contributed by atoms with Gasteiger partial charge < -0.3 is 10.1 Å². The Bertz CT molecular complexity index is 971. The number of carbonyl (C=O) groups excluding carboxylic acids is 1. The molecule has 4 nitrogen and oxygen atoms in total. The molecule has 29 heavy (non-hydrogen) atoms. The Hall–Kier alpha value is -3.11. The number of ether oxygens (including phenoxy) is 1. The van der Waals surface area contributed by atoms with E-state index in [0.29, 0.717) is 5.75 Å². The van der Waals surface area contributed by atoms with Gasteiger partial charge >= 0.3 is 0 Å². The maximum Gasteiger partial charge on any atom is 0.246 e.